The van der Waals surface area contributed by atoms with Crippen LogP contribution >= 0.6 is 0 Å². The van der Waals surface area contributed by atoms with Crippen LogP contribution in [0.25, 0.3) is 0 Å². The number of carbonyl (C=O) groups excluding carboxylic acids is 1. The molecule has 2 aliphatic rings. The number of para-hydroxylation sites is 2. The Labute approximate surface area is 183 Å². The maximum atomic E-state index is 13.2. The van der Waals surface area contributed by atoms with E-state index < -0.39 is 21.7 Å². The standard InChI is InChI=1S/C23H28N2O5S/c1-5-31(27,28)25-14-21(29-20-9-7-6-8-18(20)25)22(26)24-17-13-23(3,4)30-19-11-10-15(2)12-16(17)19/h6-12,17,21H,5,13-14H2,1-4H3,(H,24,26). The van der Waals surface area contributed by atoms with E-state index in [-0.39, 0.29) is 24.2 Å². The summed E-state index contributed by atoms with van der Waals surface area (Å²) in [4.78, 5) is 13.2. The van der Waals surface area contributed by atoms with E-state index in [4.69, 9.17) is 9.47 Å². The second kappa shape index (κ2) is 7.75. The lowest BCUT2D eigenvalue weighted by molar-refractivity contribution is -0.129. The van der Waals surface area contributed by atoms with Crippen LogP contribution in [0.4, 0.5) is 5.69 Å². The van der Waals surface area contributed by atoms with Gasteiger partial charge in [-0.05, 0) is 45.9 Å². The quantitative estimate of drug-likeness (QED) is 0.782. The highest BCUT2D eigenvalue weighted by Crippen LogP contribution is 2.40. The number of sulfonamides is 1. The van der Waals surface area contributed by atoms with Gasteiger partial charge in [-0.25, -0.2) is 8.42 Å². The summed E-state index contributed by atoms with van der Waals surface area (Å²) in [5.74, 6) is 0.726. The Bertz CT molecular complexity index is 1110. The highest BCUT2D eigenvalue weighted by molar-refractivity contribution is 7.92. The van der Waals surface area contributed by atoms with Crippen LogP contribution in [0.5, 0.6) is 11.5 Å². The number of hydrogen-bond donors (Lipinski definition) is 1. The smallest absolute Gasteiger partial charge is 0.263 e. The van der Waals surface area contributed by atoms with Crippen LogP contribution in [0.3, 0.4) is 0 Å². The van der Waals surface area contributed by atoms with Crippen LogP contribution in [-0.4, -0.2) is 38.3 Å². The van der Waals surface area contributed by atoms with Crippen molar-refractivity contribution in [2.75, 3.05) is 16.6 Å². The lowest BCUT2D eigenvalue weighted by atomic mass is 9.89. The number of amides is 1. The van der Waals surface area contributed by atoms with Crippen molar-refractivity contribution in [3.8, 4) is 11.5 Å². The van der Waals surface area contributed by atoms with Crippen molar-refractivity contribution in [3.63, 3.8) is 0 Å². The fourth-order valence-corrected chi connectivity index (χ4v) is 5.25. The number of anilines is 1. The van der Waals surface area contributed by atoms with E-state index in [1.54, 1.807) is 31.2 Å². The molecule has 2 aromatic carbocycles. The van der Waals surface area contributed by atoms with Crippen molar-refractivity contribution in [1.82, 2.24) is 5.32 Å². The third-order valence-electron chi connectivity index (χ3n) is 5.67. The first-order valence-electron chi connectivity index (χ1n) is 10.5. The number of benzene rings is 2. The van der Waals surface area contributed by atoms with E-state index in [0.717, 1.165) is 16.9 Å². The summed E-state index contributed by atoms with van der Waals surface area (Å²) < 4.78 is 38.7. The van der Waals surface area contributed by atoms with Gasteiger partial charge < -0.3 is 14.8 Å². The normalized spacial score (nSPS) is 21.9. The molecule has 0 spiro atoms. The topological polar surface area (TPSA) is 84.9 Å². The summed E-state index contributed by atoms with van der Waals surface area (Å²) in [5.41, 5.74) is 2.01. The van der Waals surface area contributed by atoms with Crippen molar-refractivity contribution in [3.05, 3.63) is 53.6 Å². The van der Waals surface area contributed by atoms with Crippen LogP contribution in [0.2, 0.25) is 0 Å². The van der Waals surface area contributed by atoms with Crippen molar-refractivity contribution < 1.29 is 22.7 Å². The van der Waals surface area contributed by atoms with Gasteiger partial charge in [0.1, 0.15) is 17.1 Å². The number of fused-ring (bicyclic) bond motifs is 2. The molecule has 2 unspecified atom stereocenters. The molecule has 2 aromatic rings. The number of nitrogens with zero attached hydrogens (tertiary/aromatic N) is 1. The molecule has 8 heteroatoms. The molecule has 7 nitrogen and oxygen atoms in total. The fourth-order valence-electron chi connectivity index (χ4n) is 4.13. The van der Waals surface area contributed by atoms with E-state index in [1.807, 2.05) is 39.0 Å². The summed E-state index contributed by atoms with van der Waals surface area (Å²) in [6.45, 7) is 7.49. The van der Waals surface area contributed by atoms with Gasteiger partial charge in [0, 0.05) is 12.0 Å². The maximum absolute atomic E-state index is 13.2. The highest BCUT2D eigenvalue weighted by Gasteiger charge is 2.39. The number of rotatable bonds is 4. The number of carbonyl (C=O) groups is 1. The molecule has 166 valence electrons. The van der Waals surface area contributed by atoms with E-state index >= 15 is 0 Å². The fraction of sp³-hybridized carbons (Fsp3) is 0.435. The maximum Gasteiger partial charge on any atom is 0.263 e. The zero-order valence-corrected chi connectivity index (χ0v) is 19.0. The molecule has 4 rings (SSSR count). The number of aryl methyl sites for hydroxylation is 1. The minimum Gasteiger partial charge on any atom is -0.487 e. The minimum atomic E-state index is -3.55. The number of ether oxygens (including phenoxy) is 2. The van der Waals surface area contributed by atoms with E-state index in [1.165, 1.54) is 4.31 Å². The minimum absolute atomic E-state index is 0.0590. The zero-order valence-electron chi connectivity index (χ0n) is 18.2. The highest BCUT2D eigenvalue weighted by atomic mass is 32.2. The molecule has 0 saturated heterocycles. The Morgan fingerprint density at radius 2 is 1.94 bits per heavy atom. The van der Waals surface area contributed by atoms with Gasteiger partial charge in [0.15, 0.2) is 6.10 Å². The molecular weight excluding hydrogens is 416 g/mol. The molecule has 0 bridgehead atoms. The van der Waals surface area contributed by atoms with Gasteiger partial charge in [-0.1, -0.05) is 29.8 Å². The van der Waals surface area contributed by atoms with Crippen LogP contribution in [0.15, 0.2) is 42.5 Å². The van der Waals surface area contributed by atoms with Gasteiger partial charge in [-0.2, -0.15) is 0 Å². The Morgan fingerprint density at radius 3 is 2.68 bits per heavy atom. The molecule has 0 radical (unpaired) electrons. The molecule has 0 fully saturated rings. The molecule has 2 atom stereocenters. The molecule has 2 heterocycles. The molecule has 2 aliphatic heterocycles. The van der Waals surface area contributed by atoms with Crippen molar-refractivity contribution >= 4 is 21.6 Å². The first kappa shape index (κ1) is 21.5. The summed E-state index contributed by atoms with van der Waals surface area (Å²) in [5, 5.41) is 3.08. The zero-order chi connectivity index (χ0) is 22.4. The molecule has 0 saturated carbocycles. The van der Waals surface area contributed by atoms with Gasteiger partial charge in [-0.15, -0.1) is 0 Å². The summed E-state index contributed by atoms with van der Waals surface area (Å²) in [7, 11) is -3.55. The summed E-state index contributed by atoms with van der Waals surface area (Å²) >= 11 is 0. The third kappa shape index (κ3) is 4.21. The second-order valence-electron chi connectivity index (χ2n) is 8.67. The Kier molecular flexibility index (Phi) is 5.37. The molecule has 0 aromatic heterocycles. The van der Waals surface area contributed by atoms with Gasteiger partial charge >= 0.3 is 0 Å². The lowest BCUT2D eigenvalue weighted by Gasteiger charge is -2.39. The molecule has 31 heavy (non-hydrogen) atoms. The molecule has 1 N–H and O–H groups in total. The van der Waals surface area contributed by atoms with Crippen molar-refractivity contribution in [1.29, 1.82) is 0 Å². The largest absolute Gasteiger partial charge is 0.487 e. The van der Waals surface area contributed by atoms with Gasteiger partial charge in [0.25, 0.3) is 5.91 Å². The van der Waals surface area contributed by atoms with E-state index in [0.29, 0.717) is 17.9 Å². The van der Waals surface area contributed by atoms with Crippen LogP contribution in [-0.2, 0) is 14.8 Å². The van der Waals surface area contributed by atoms with E-state index in [9.17, 15) is 13.2 Å². The Morgan fingerprint density at radius 1 is 1.19 bits per heavy atom. The predicted octanol–water partition coefficient (Wildman–Crippen LogP) is 3.33. The first-order valence-corrected chi connectivity index (χ1v) is 12.1. The van der Waals surface area contributed by atoms with Crippen LogP contribution in [0, 0.1) is 6.92 Å². The van der Waals surface area contributed by atoms with Crippen LogP contribution < -0.4 is 19.1 Å². The average Bonchev–Trinajstić information content (AvgIpc) is 2.72. The third-order valence-corrected chi connectivity index (χ3v) is 7.41. The number of hydrogen-bond acceptors (Lipinski definition) is 5. The van der Waals surface area contributed by atoms with Gasteiger partial charge in [0.2, 0.25) is 10.0 Å². The SMILES string of the molecule is CCS(=O)(=O)N1CC(C(=O)NC2CC(C)(C)Oc3ccc(C)cc32)Oc2ccccc21. The number of nitrogens with one attached hydrogen (secondary N) is 1. The predicted molar refractivity (Wildman–Crippen MR) is 119 cm³/mol. The Hall–Kier alpha value is -2.74. The van der Waals surface area contributed by atoms with E-state index in [2.05, 4.69) is 5.32 Å². The average molecular weight is 445 g/mol. The first-order chi connectivity index (χ1) is 14.6. The second-order valence-corrected chi connectivity index (χ2v) is 10.9. The van der Waals surface area contributed by atoms with Crippen molar-refractivity contribution in [2.24, 2.45) is 0 Å². The Balaban J connectivity index is 1.62. The summed E-state index contributed by atoms with van der Waals surface area (Å²) in [6, 6.07) is 12.5. The molecule has 1 amide bonds. The van der Waals surface area contributed by atoms with Crippen molar-refractivity contribution in [2.45, 2.75) is 51.9 Å². The lowest BCUT2D eigenvalue weighted by Crippen LogP contribution is -2.52. The summed E-state index contributed by atoms with van der Waals surface area (Å²) in [6.07, 6.45) is -0.356. The van der Waals surface area contributed by atoms with Gasteiger partial charge in [0.05, 0.1) is 24.0 Å². The molecule has 0 aliphatic carbocycles. The monoisotopic (exact) mass is 444 g/mol. The molecular formula is C23H28N2O5S. The van der Waals surface area contributed by atoms with Gasteiger partial charge in [-0.3, -0.25) is 9.10 Å². The van der Waals surface area contributed by atoms with Crippen LogP contribution in [0.1, 0.15) is 44.4 Å².